The topological polar surface area (TPSA) is 113 Å². The minimum Gasteiger partial charge on any atom is -0.494 e. The Hall–Kier alpha value is -3.39. The summed E-state index contributed by atoms with van der Waals surface area (Å²) in [7, 11) is 5.91. The summed E-state index contributed by atoms with van der Waals surface area (Å²) in [6.07, 6.45) is 0. The van der Waals surface area contributed by atoms with Crippen molar-refractivity contribution >= 4 is 52.0 Å². The second-order valence-corrected chi connectivity index (χ2v) is 11.5. The maximum absolute atomic E-state index is 13.7. The molecule has 4 aromatic rings. The van der Waals surface area contributed by atoms with Crippen molar-refractivity contribution in [2.24, 2.45) is 28.2 Å². The van der Waals surface area contributed by atoms with E-state index in [0.717, 1.165) is 5.56 Å². The Morgan fingerprint density at radius 2 is 1.40 bits per heavy atom. The van der Waals surface area contributed by atoms with E-state index in [4.69, 9.17) is 45.5 Å². The van der Waals surface area contributed by atoms with E-state index in [2.05, 4.69) is 15.9 Å². The highest BCUT2D eigenvalue weighted by molar-refractivity contribution is 9.10. The number of ether oxygens (including phenoxy) is 2. The first-order valence-corrected chi connectivity index (χ1v) is 14.6. The first-order chi connectivity index (χ1) is 19.8. The van der Waals surface area contributed by atoms with E-state index in [-0.39, 0.29) is 33.9 Å². The molecule has 0 unspecified atom stereocenters. The van der Waals surface area contributed by atoms with Gasteiger partial charge >= 0.3 is 0 Å². The quantitative estimate of drug-likeness (QED) is 0.242. The maximum atomic E-state index is 13.7. The van der Waals surface area contributed by atoms with Crippen LogP contribution in [0.1, 0.15) is 35.1 Å². The van der Waals surface area contributed by atoms with Gasteiger partial charge in [0.2, 0.25) is 11.8 Å². The van der Waals surface area contributed by atoms with Crippen molar-refractivity contribution < 1.29 is 19.7 Å². The molecule has 222 valence electrons. The van der Waals surface area contributed by atoms with Crippen molar-refractivity contribution in [2.75, 3.05) is 6.61 Å². The van der Waals surface area contributed by atoms with Crippen LogP contribution < -0.4 is 20.6 Å². The second kappa shape index (κ2) is 12.5. The Morgan fingerprint density at radius 1 is 0.881 bits per heavy atom. The van der Waals surface area contributed by atoms with Crippen molar-refractivity contribution in [3.63, 3.8) is 0 Å². The molecule has 0 saturated heterocycles. The number of hydrogen-bond acceptors (Lipinski definition) is 8. The van der Waals surface area contributed by atoms with Crippen molar-refractivity contribution in [1.82, 2.24) is 18.3 Å². The SMILES string of the molecule is CCOc1cc(C(c2c(O)n(C)c(=S)n(C)c2=O)c2c(O)n(C)c(=S)n(C)c2=O)cc(Br)c1OCc1ccccc1Cl. The highest BCUT2D eigenvalue weighted by Gasteiger charge is 2.33. The molecule has 0 bridgehead atoms. The highest BCUT2D eigenvalue weighted by Crippen LogP contribution is 2.44. The van der Waals surface area contributed by atoms with Crippen LogP contribution in [-0.4, -0.2) is 35.1 Å². The van der Waals surface area contributed by atoms with Crippen molar-refractivity contribution in [3.05, 3.63) is 98.4 Å². The van der Waals surface area contributed by atoms with Gasteiger partial charge in [-0.25, -0.2) is 0 Å². The van der Waals surface area contributed by atoms with E-state index < -0.39 is 28.8 Å². The standard InChI is InChI=1S/C28H28BrClN4O6S2/c1-6-39-18-12-15(11-16(29)22(18)40-13-14-9-7-8-10-17(14)30)19(20-23(35)31(2)27(41)32(3)24(20)36)21-25(37)33(4)28(42)34(5)26(21)38/h7-12,19,35,37H,6,13H2,1-5H3. The van der Waals surface area contributed by atoms with Gasteiger partial charge in [-0.15, -0.1) is 0 Å². The van der Waals surface area contributed by atoms with Crippen LogP contribution in [0.25, 0.3) is 0 Å². The average molecular weight is 696 g/mol. The highest BCUT2D eigenvalue weighted by atomic mass is 79.9. The molecule has 14 heteroatoms. The fraction of sp³-hybridized carbons (Fsp3) is 0.286. The second-order valence-electron chi connectivity index (χ2n) is 9.46. The number of benzene rings is 2. The first kappa shape index (κ1) is 31.5. The Bertz CT molecular complexity index is 1860. The van der Waals surface area contributed by atoms with Gasteiger partial charge in [0.25, 0.3) is 11.1 Å². The van der Waals surface area contributed by atoms with Crippen LogP contribution in [0.4, 0.5) is 0 Å². The maximum Gasteiger partial charge on any atom is 0.262 e. The molecular formula is C28H28BrClN4O6S2. The zero-order valence-corrected chi connectivity index (χ0v) is 27.3. The lowest BCUT2D eigenvalue weighted by Gasteiger charge is -2.24. The van der Waals surface area contributed by atoms with Gasteiger partial charge in [-0.05, 0) is 71.1 Å². The fourth-order valence-electron chi connectivity index (χ4n) is 4.62. The lowest BCUT2D eigenvalue weighted by molar-refractivity contribution is 0.267. The molecule has 0 atom stereocenters. The first-order valence-electron chi connectivity index (χ1n) is 12.6. The van der Waals surface area contributed by atoms with Crippen LogP contribution in [0, 0.1) is 9.54 Å². The molecule has 42 heavy (non-hydrogen) atoms. The summed E-state index contributed by atoms with van der Waals surface area (Å²) in [5.74, 6) is -1.56. The molecule has 2 heterocycles. The summed E-state index contributed by atoms with van der Waals surface area (Å²) in [6.45, 7) is 2.20. The molecule has 0 aliphatic rings. The summed E-state index contributed by atoms with van der Waals surface area (Å²) in [5, 5.41) is 23.1. The van der Waals surface area contributed by atoms with Gasteiger partial charge in [0.15, 0.2) is 21.0 Å². The van der Waals surface area contributed by atoms with Crippen LogP contribution in [-0.2, 0) is 34.8 Å². The molecule has 0 amide bonds. The fourth-order valence-corrected chi connectivity index (χ4v) is 5.73. The largest absolute Gasteiger partial charge is 0.494 e. The van der Waals surface area contributed by atoms with Gasteiger partial charge in [0.05, 0.1) is 28.1 Å². The van der Waals surface area contributed by atoms with E-state index >= 15 is 0 Å². The smallest absolute Gasteiger partial charge is 0.262 e. The number of aromatic hydroxyl groups is 2. The predicted molar refractivity (Wildman–Crippen MR) is 168 cm³/mol. The van der Waals surface area contributed by atoms with Gasteiger partial charge in [-0.3, -0.25) is 27.9 Å². The molecule has 10 nitrogen and oxygen atoms in total. The molecular weight excluding hydrogens is 668 g/mol. The lowest BCUT2D eigenvalue weighted by atomic mass is 9.86. The summed E-state index contributed by atoms with van der Waals surface area (Å²) >= 11 is 20.5. The van der Waals surface area contributed by atoms with Gasteiger partial charge in [-0.2, -0.15) is 0 Å². The predicted octanol–water partition coefficient (Wildman–Crippen LogP) is 5.20. The monoisotopic (exact) mass is 694 g/mol. The van der Waals surface area contributed by atoms with E-state index in [0.29, 0.717) is 26.6 Å². The summed E-state index contributed by atoms with van der Waals surface area (Å²) in [4.78, 5) is 27.4. The number of rotatable bonds is 8. The van der Waals surface area contributed by atoms with Crippen molar-refractivity contribution in [1.29, 1.82) is 0 Å². The minimum absolute atomic E-state index is 0.0584. The summed E-state index contributed by atoms with van der Waals surface area (Å²) < 4.78 is 17.5. The van der Waals surface area contributed by atoms with Crippen LogP contribution in [0.15, 0.2) is 50.5 Å². The zero-order valence-electron chi connectivity index (χ0n) is 23.3. The molecule has 2 aromatic heterocycles. The van der Waals surface area contributed by atoms with Gasteiger partial charge in [0.1, 0.15) is 6.61 Å². The van der Waals surface area contributed by atoms with Crippen molar-refractivity contribution in [3.8, 4) is 23.3 Å². The van der Waals surface area contributed by atoms with E-state index in [1.54, 1.807) is 25.1 Å². The van der Waals surface area contributed by atoms with E-state index in [9.17, 15) is 19.8 Å². The van der Waals surface area contributed by atoms with Gasteiger partial charge in [0, 0.05) is 38.8 Å². The minimum atomic E-state index is -1.28. The number of nitrogens with zero attached hydrogens (tertiary/aromatic N) is 4. The summed E-state index contributed by atoms with van der Waals surface area (Å²) in [5.41, 5.74) is -0.579. The normalized spacial score (nSPS) is 11.2. The van der Waals surface area contributed by atoms with Crippen LogP contribution in [0.2, 0.25) is 5.02 Å². The third-order valence-corrected chi connectivity index (χ3v) is 8.96. The number of halogens is 2. The van der Waals surface area contributed by atoms with Gasteiger partial charge in [-0.1, -0.05) is 29.8 Å². The molecule has 0 aliphatic heterocycles. The van der Waals surface area contributed by atoms with Crippen LogP contribution >= 0.6 is 52.0 Å². The Morgan fingerprint density at radius 3 is 1.90 bits per heavy atom. The van der Waals surface area contributed by atoms with Crippen LogP contribution in [0.3, 0.4) is 0 Å². The lowest BCUT2D eigenvalue weighted by Crippen LogP contribution is -2.33. The Kier molecular flexibility index (Phi) is 9.36. The summed E-state index contributed by atoms with van der Waals surface area (Å²) in [6, 6.07) is 10.5. The molecule has 0 radical (unpaired) electrons. The molecule has 4 rings (SSSR count). The van der Waals surface area contributed by atoms with Crippen LogP contribution in [0.5, 0.6) is 23.3 Å². The molecule has 0 fully saturated rings. The third kappa shape index (κ3) is 5.53. The Balaban J connectivity index is 2.05. The molecule has 2 aromatic carbocycles. The Labute approximate surface area is 264 Å². The van der Waals surface area contributed by atoms with E-state index in [1.165, 1.54) is 46.5 Å². The molecule has 0 spiro atoms. The number of hydrogen-bond donors (Lipinski definition) is 2. The van der Waals surface area contributed by atoms with E-state index in [1.807, 2.05) is 18.2 Å². The molecule has 2 N–H and O–H groups in total. The van der Waals surface area contributed by atoms with Crippen molar-refractivity contribution in [2.45, 2.75) is 19.4 Å². The van der Waals surface area contributed by atoms with Gasteiger partial charge < -0.3 is 19.7 Å². The average Bonchev–Trinajstić information content (AvgIpc) is 2.96. The third-order valence-electron chi connectivity index (χ3n) is 6.91. The number of aromatic nitrogens is 4. The zero-order chi connectivity index (χ0) is 31.0. The molecule has 0 saturated carbocycles. The molecule has 0 aliphatic carbocycles.